The van der Waals surface area contributed by atoms with Crippen molar-refractivity contribution in [3.8, 4) is 0 Å². The number of nitrogen functional groups attached to an aromatic ring is 2. The molecule has 1 heterocycles. The SMILES string of the molecule is Cc1ccc(Sc2ccc(N)c(N)n2)c(C)c1. The summed E-state index contributed by atoms with van der Waals surface area (Å²) >= 11 is 1.60. The summed E-state index contributed by atoms with van der Waals surface area (Å²) in [4.78, 5) is 5.43. The molecule has 4 heteroatoms. The zero-order valence-electron chi connectivity index (χ0n) is 9.90. The molecular weight excluding hydrogens is 230 g/mol. The maximum absolute atomic E-state index is 5.69. The van der Waals surface area contributed by atoms with E-state index in [-0.39, 0.29) is 0 Å². The molecule has 3 nitrogen and oxygen atoms in total. The molecule has 1 aromatic heterocycles. The van der Waals surface area contributed by atoms with Crippen LogP contribution in [0.3, 0.4) is 0 Å². The lowest BCUT2D eigenvalue weighted by molar-refractivity contribution is 1.14. The quantitative estimate of drug-likeness (QED) is 0.853. The van der Waals surface area contributed by atoms with Gasteiger partial charge in [-0.15, -0.1) is 0 Å². The summed E-state index contributed by atoms with van der Waals surface area (Å²) in [5, 5.41) is 0.864. The second kappa shape index (κ2) is 4.67. The summed E-state index contributed by atoms with van der Waals surface area (Å²) in [5.74, 6) is 0.389. The Morgan fingerprint density at radius 1 is 1.06 bits per heavy atom. The molecule has 0 unspecified atom stereocenters. The normalized spacial score (nSPS) is 10.5. The van der Waals surface area contributed by atoms with Crippen LogP contribution < -0.4 is 11.5 Å². The van der Waals surface area contributed by atoms with Gasteiger partial charge in [0, 0.05) is 4.90 Å². The molecule has 0 saturated carbocycles. The number of hydrogen-bond donors (Lipinski definition) is 2. The van der Waals surface area contributed by atoms with Crippen molar-refractivity contribution in [1.82, 2.24) is 4.98 Å². The maximum atomic E-state index is 5.69. The van der Waals surface area contributed by atoms with Crippen LogP contribution in [0.25, 0.3) is 0 Å². The van der Waals surface area contributed by atoms with Gasteiger partial charge in [-0.2, -0.15) is 0 Å². The highest BCUT2D eigenvalue weighted by Crippen LogP contribution is 2.30. The topological polar surface area (TPSA) is 64.9 Å². The van der Waals surface area contributed by atoms with E-state index in [2.05, 4.69) is 37.0 Å². The Hall–Kier alpha value is -1.68. The minimum Gasteiger partial charge on any atom is -0.396 e. The van der Waals surface area contributed by atoms with Crippen LogP contribution >= 0.6 is 11.8 Å². The predicted molar refractivity (Wildman–Crippen MR) is 73.1 cm³/mol. The summed E-state index contributed by atoms with van der Waals surface area (Å²) in [5.41, 5.74) is 14.3. The van der Waals surface area contributed by atoms with E-state index in [9.17, 15) is 0 Å². The van der Waals surface area contributed by atoms with E-state index in [1.807, 2.05) is 6.07 Å². The molecule has 0 atom stereocenters. The fraction of sp³-hybridized carbons (Fsp3) is 0.154. The van der Waals surface area contributed by atoms with Gasteiger partial charge in [0.05, 0.1) is 5.69 Å². The van der Waals surface area contributed by atoms with E-state index in [1.165, 1.54) is 16.0 Å². The summed E-state index contributed by atoms with van der Waals surface area (Å²) in [7, 11) is 0. The van der Waals surface area contributed by atoms with E-state index in [0.717, 1.165) is 5.03 Å². The Morgan fingerprint density at radius 2 is 1.82 bits per heavy atom. The minimum atomic E-state index is 0.389. The fourth-order valence-corrected chi connectivity index (χ4v) is 2.41. The largest absolute Gasteiger partial charge is 0.396 e. The summed E-state index contributed by atoms with van der Waals surface area (Å²) in [6, 6.07) is 10.0. The summed E-state index contributed by atoms with van der Waals surface area (Å²) in [6.07, 6.45) is 0. The number of nitrogens with two attached hydrogens (primary N) is 2. The minimum absolute atomic E-state index is 0.389. The lowest BCUT2D eigenvalue weighted by atomic mass is 10.2. The molecule has 1 aromatic carbocycles. The van der Waals surface area contributed by atoms with Crippen LogP contribution in [0.4, 0.5) is 11.5 Å². The van der Waals surface area contributed by atoms with Crippen LogP contribution in [0, 0.1) is 13.8 Å². The van der Waals surface area contributed by atoms with Gasteiger partial charge in [0.2, 0.25) is 0 Å². The highest BCUT2D eigenvalue weighted by Gasteiger charge is 2.04. The number of hydrogen-bond acceptors (Lipinski definition) is 4. The van der Waals surface area contributed by atoms with E-state index in [1.54, 1.807) is 17.8 Å². The molecule has 0 radical (unpaired) electrons. The molecule has 0 aliphatic heterocycles. The third-order valence-corrected chi connectivity index (χ3v) is 3.59. The maximum Gasteiger partial charge on any atom is 0.147 e. The van der Waals surface area contributed by atoms with Gasteiger partial charge in [-0.05, 0) is 37.6 Å². The first-order valence-corrected chi connectivity index (χ1v) is 6.15. The van der Waals surface area contributed by atoms with Crippen molar-refractivity contribution in [2.75, 3.05) is 11.5 Å². The fourth-order valence-electron chi connectivity index (χ4n) is 1.55. The predicted octanol–water partition coefficient (Wildman–Crippen LogP) is 3.01. The van der Waals surface area contributed by atoms with Crippen LogP contribution in [0.2, 0.25) is 0 Å². The average Bonchev–Trinajstić information content (AvgIpc) is 2.27. The monoisotopic (exact) mass is 245 g/mol. The van der Waals surface area contributed by atoms with Crippen molar-refractivity contribution >= 4 is 23.3 Å². The van der Waals surface area contributed by atoms with Crippen molar-refractivity contribution in [1.29, 1.82) is 0 Å². The van der Waals surface area contributed by atoms with Crippen molar-refractivity contribution in [3.63, 3.8) is 0 Å². The van der Waals surface area contributed by atoms with Crippen LogP contribution in [-0.4, -0.2) is 4.98 Å². The number of pyridine rings is 1. The third-order valence-electron chi connectivity index (χ3n) is 2.48. The molecule has 88 valence electrons. The molecule has 0 saturated heterocycles. The molecule has 17 heavy (non-hydrogen) atoms. The lowest BCUT2D eigenvalue weighted by Gasteiger charge is -2.07. The second-order valence-corrected chi connectivity index (χ2v) is 5.06. The van der Waals surface area contributed by atoms with Gasteiger partial charge in [-0.1, -0.05) is 29.5 Å². The first kappa shape index (κ1) is 11.8. The number of nitrogens with zero attached hydrogens (tertiary/aromatic N) is 1. The van der Waals surface area contributed by atoms with Gasteiger partial charge in [0.25, 0.3) is 0 Å². The van der Waals surface area contributed by atoms with Crippen molar-refractivity contribution < 1.29 is 0 Å². The number of aryl methyl sites for hydroxylation is 2. The van der Waals surface area contributed by atoms with E-state index >= 15 is 0 Å². The molecule has 0 fully saturated rings. The first-order valence-electron chi connectivity index (χ1n) is 5.33. The zero-order valence-corrected chi connectivity index (χ0v) is 10.7. The van der Waals surface area contributed by atoms with Crippen molar-refractivity contribution in [2.45, 2.75) is 23.8 Å². The van der Waals surface area contributed by atoms with E-state index in [4.69, 9.17) is 11.5 Å². The molecule has 2 aromatic rings. The molecule has 0 amide bonds. The van der Waals surface area contributed by atoms with Crippen LogP contribution in [0.5, 0.6) is 0 Å². The van der Waals surface area contributed by atoms with Gasteiger partial charge < -0.3 is 11.5 Å². The van der Waals surface area contributed by atoms with Crippen LogP contribution in [-0.2, 0) is 0 Å². The smallest absolute Gasteiger partial charge is 0.147 e. The van der Waals surface area contributed by atoms with Gasteiger partial charge in [0.15, 0.2) is 0 Å². The summed E-state index contributed by atoms with van der Waals surface area (Å²) in [6.45, 7) is 4.18. The third kappa shape index (κ3) is 2.71. The van der Waals surface area contributed by atoms with Crippen LogP contribution in [0.15, 0.2) is 40.3 Å². The van der Waals surface area contributed by atoms with E-state index in [0.29, 0.717) is 11.5 Å². The van der Waals surface area contributed by atoms with Crippen LogP contribution in [0.1, 0.15) is 11.1 Å². The average molecular weight is 245 g/mol. The van der Waals surface area contributed by atoms with Gasteiger partial charge in [0.1, 0.15) is 10.8 Å². The van der Waals surface area contributed by atoms with Gasteiger partial charge >= 0.3 is 0 Å². The first-order chi connectivity index (χ1) is 8.06. The number of aromatic nitrogens is 1. The van der Waals surface area contributed by atoms with Crippen molar-refractivity contribution in [3.05, 3.63) is 41.5 Å². The number of anilines is 2. The molecule has 4 N–H and O–H groups in total. The molecule has 0 aliphatic carbocycles. The van der Waals surface area contributed by atoms with E-state index < -0.39 is 0 Å². The molecule has 0 spiro atoms. The summed E-state index contributed by atoms with van der Waals surface area (Å²) < 4.78 is 0. The molecule has 0 aliphatic rings. The molecule has 2 rings (SSSR count). The second-order valence-electron chi connectivity index (χ2n) is 3.99. The lowest BCUT2D eigenvalue weighted by Crippen LogP contribution is -1.98. The Bertz CT molecular complexity index is 552. The highest BCUT2D eigenvalue weighted by atomic mass is 32.2. The van der Waals surface area contributed by atoms with Crippen molar-refractivity contribution in [2.24, 2.45) is 0 Å². The molecular formula is C13H15N3S. The molecule has 0 bridgehead atoms. The Morgan fingerprint density at radius 3 is 2.47 bits per heavy atom. The Balaban J connectivity index is 2.28. The van der Waals surface area contributed by atoms with Gasteiger partial charge in [-0.25, -0.2) is 4.98 Å². The standard InChI is InChI=1S/C13H15N3S/c1-8-3-5-11(9(2)7-8)17-12-6-4-10(14)13(15)16-12/h3-7H,14H2,1-2H3,(H2,15,16). The Kier molecular flexibility index (Phi) is 3.24. The number of benzene rings is 1. The highest BCUT2D eigenvalue weighted by molar-refractivity contribution is 7.99. The zero-order chi connectivity index (χ0) is 12.4. The number of rotatable bonds is 2. The Labute approximate surface area is 105 Å². The van der Waals surface area contributed by atoms with Gasteiger partial charge in [-0.3, -0.25) is 0 Å².